The number of ether oxygens (including phenoxy) is 1. The normalized spacial score (nSPS) is 14.4. The lowest BCUT2D eigenvalue weighted by Gasteiger charge is -2.16. The molecule has 5 nitrogen and oxygen atoms in total. The second-order valence-corrected chi connectivity index (χ2v) is 7.24. The highest BCUT2D eigenvalue weighted by atomic mass is 16.5. The summed E-state index contributed by atoms with van der Waals surface area (Å²) in [5.74, 6) is -0.612. The Labute approximate surface area is 166 Å². The molecule has 0 spiro atoms. The van der Waals surface area contributed by atoms with Crippen LogP contribution in [0.15, 0.2) is 54.2 Å². The number of aryl methyl sites for hydroxylation is 2. The van der Waals surface area contributed by atoms with Gasteiger partial charge in [0.1, 0.15) is 5.70 Å². The zero-order valence-electron chi connectivity index (χ0n) is 16.8. The molecule has 1 aliphatic rings. The molecule has 2 amide bonds. The van der Waals surface area contributed by atoms with E-state index in [1.165, 1.54) is 4.90 Å². The fraction of sp³-hybridized carbons (Fsp3) is 0.304. The van der Waals surface area contributed by atoms with E-state index in [0.717, 1.165) is 22.4 Å². The van der Waals surface area contributed by atoms with Gasteiger partial charge in [0.25, 0.3) is 11.8 Å². The van der Waals surface area contributed by atoms with Gasteiger partial charge in [-0.05, 0) is 51.0 Å². The quantitative estimate of drug-likeness (QED) is 0.742. The van der Waals surface area contributed by atoms with E-state index in [9.17, 15) is 9.59 Å². The van der Waals surface area contributed by atoms with Crippen LogP contribution < -0.4 is 5.32 Å². The molecule has 1 N–H and O–H groups in total. The van der Waals surface area contributed by atoms with E-state index in [0.29, 0.717) is 17.9 Å². The Morgan fingerprint density at radius 3 is 2.36 bits per heavy atom. The lowest BCUT2D eigenvalue weighted by Crippen LogP contribution is -2.35. The van der Waals surface area contributed by atoms with Gasteiger partial charge in [0.15, 0.2) is 0 Å². The standard InChI is InChI=1S/C23H26N2O3/c1-15(2)28-13-12-25-22(26)20(19-11-10-16(3)14-17(19)4)21(23(25)27)24-18-8-6-5-7-9-18/h5-11,14-15,24H,12-13H2,1-4H3. The first-order valence-electron chi connectivity index (χ1n) is 9.50. The Hall–Kier alpha value is -2.92. The van der Waals surface area contributed by atoms with Crippen molar-refractivity contribution in [2.75, 3.05) is 18.5 Å². The first-order chi connectivity index (χ1) is 13.4. The summed E-state index contributed by atoms with van der Waals surface area (Å²) in [7, 11) is 0. The number of para-hydroxylation sites is 1. The molecule has 0 saturated carbocycles. The number of nitrogens with one attached hydrogen (secondary N) is 1. The van der Waals surface area contributed by atoms with E-state index in [4.69, 9.17) is 4.74 Å². The molecule has 0 bridgehead atoms. The van der Waals surface area contributed by atoms with Gasteiger partial charge in [-0.1, -0.05) is 42.0 Å². The second-order valence-electron chi connectivity index (χ2n) is 7.24. The smallest absolute Gasteiger partial charge is 0.278 e. The number of carbonyl (C=O) groups excluding carboxylic acids is 2. The first-order valence-corrected chi connectivity index (χ1v) is 9.50. The van der Waals surface area contributed by atoms with Crippen LogP contribution in [0.2, 0.25) is 0 Å². The maximum Gasteiger partial charge on any atom is 0.278 e. The van der Waals surface area contributed by atoms with Gasteiger partial charge in [-0.15, -0.1) is 0 Å². The van der Waals surface area contributed by atoms with Crippen LogP contribution in [0.3, 0.4) is 0 Å². The Balaban J connectivity index is 1.99. The molecule has 28 heavy (non-hydrogen) atoms. The molecule has 0 aromatic heterocycles. The fourth-order valence-corrected chi connectivity index (χ4v) is 3.28. The summed E-state index contributed by atoms with van der Waals surface area (Å²) in [5.41, 5.74) is 4.33. The van der Waals surface area contributed by atoms with Crippen molar-refractivity contribution < 1.29 is 14.3 Å². The van der Waals surface area contributed by atoms with Gasteiger partial charge in [0.2, 0.25) is 0 Å². The molecule has 2 aromatic rings. The van der Waals surface area contributed by atoms with Crippen LogP contribution in [-0.4, -0.2) is 36.0 Å². The van der Waals surface area contributed by atoms with E-state index in [2.05, 4.69) is 5.32 Å². The van der Waals surface area contributed by atoms with Crippen LogP contribution in [0.5, 0.6) is 0 Å². The lowest BCUT2D eigenvalue weighted by atomic mass is 9.97. The minimum atomic E-state index is -0.323. The number of carbonyl (C=O) groups is 2. The number of hydrogen-bond acceptors (Lipinski definition) is 4. The van der Waals surface area contributed by atoms with Crippen molar-refractivity contribution in [3.05, 3.63) is 70.9 Å². The molecule has 0 unspecified atom stereocenters. The SMILES string of the molecule is Cc1ccc(C2=C(Nc3ccccc3)C(=O)N(CCOC(C)C)C2=O)c(C)c1. The van der Waals surface area contributed by atoms with E-state index in [-0.39, 0.29) is 24.5 Å². The summed E-state index contributed by atoms with van der Waals surface area (Å²) in [6.45, 7) is 8.35. The van der Waals surface area contributed by atoms with Crippen LogP contribution in [0.1, 0.15) is 30.5 Å². The Morgan fingerprint density at radius 1 is 1.00 bits per heavy atom. The van der Waals surface area contributed by atoms with Crippen molar-refractivity contribution in [2.45, 2.75) is 33.8 Å². The Kier molecular flexibility index (Phi) is 5.95. The van der Waals surface area contributed by atoms with Crippen molar-refractivity contribution in [3.63, 3.8) is 0 Å². The van der Waals surface area contributed by atoms with Crippen LogP contribution >= 0.6 is 0 Å². The van der Waals surface area contributed by atoms with Crippen LogP contribution in [0.25, 0.3) is 5.57 Å². The Morgan fingerprint density at radius 2 is 1.71 bits per heavy atom. The summed E-state index contributed by atoms with van der Waals surface area (Å²) in [6.07, 6.45) is 0.0430. The molecule has 0 radical (unpaired) electrons. The first kappa shape index (κ1) is 19.8. The molecule has 0 saturated heterocycles. The van der Waals surface area contributed by atoms with Crippen LogP contribution in [0, 0.1) is 13.8 Å². The number of benzene rings is 2. The van der Waals surface area contributed by atoms with Crippen molar-refractivity contribution in [1.82, 2.24) is 4.90 Å². The van der Waals surface area contributed by atoms with Gasteiger partial charge < -0.3 is 10.1 Å². The molecule has 5 heteroatoms. The van der Waals surface area contributed by atoms with Gasteiger partial charge in [0, 0.05) is 5.69 Å². The zero-order valence-corrected chi connectivity index (χ0v) is 16.8. The van der Waals surface area contributed by atoms with Crippen molar-refractivity contribution in [2.24, 2.45) is 0 Å². The summed E-state index contributed by atoms with van der Waals surface area (Å²) in [6, 6.07) is 15.3. The summed E-state index contributed by atoms with van der Waals surface area (Å²) >= 11 is 0. The number of anilines is 1. The third kappa shape index (κ3) is 4.15. The predicted octanol–water partition coefficient (Wildman–Crippen LogP) is 3.92. The van der Waals surface area contributed by atoms with E-state index < -0.39 is 0 Å². The van der Waals surface area contributed by atoms with Gasteiger partial charge >= 0.3 is 0 Å². The van der Waals surface area contributed by atoms with E-state index in [1.54, 1.807) is 0 Å². The van der Waals surface area contributed by atoms with Gasteiger partial charge in [-0.2, -0.15) is 0 Å². The largest absolute Gasteiger partial charge is 0.377 e. The molecule has 0 fully saturated rings. The minimum Gasteiger partial charge on any atom is -0.377 e. The number of hydrogen-bond donors (Lipinski definition) is 1. The van der Waals surface area contributed by atoms with Gasteiger partial charge in [0.05, 0.1) is 24.8 Å². The highest BCUT2D eigenvalue weighted by Gasteiger charge is 2.39. The Bertz CT molecular complexity index is 917. The van der Waals surface area contributed by atoms with Crippen molar-refractivity contribution >= 4 is 23.1 Å². The predicted molar refractivity (Wildman–Crippen MR) is 111 cm³/mol. The average molecular weight is 378 g/mol. The summed E-state index contributed by atoms with van der Waals surface area (Å²) in [4.78, 5) is 27.5. The van der Waals surface area contributed by atoms with E-state index >= 15 is 0 Å². The molecule has 3 rings (SSSR count). The van der Waals surface area contributed by atoms with Gasteiger partial charge in [-0.3, -0.25) is 14.5 Å². The number of amides is 2. The molecule has 0 aliphatic carbocycles. The molecule has 1 aliphatic heterocycles. The maximum atomic E-state index is 13.2. The minimum absolute atomic E-state index is 0.0430. The molecular weight excluding hydrogens is 352 g/mol. The number of nitrogens with zero attached hydrogens (tertiary/aromatic N) is 1. The summed E-state index contributed by atoms with van der Waals surface area (Å²) < 4.78 is 5.55. The lowest BCUT2D eigenvalue weighted by molar-refractivity contribution is -0.137. The molecule has 2 aromatic carbocycles. The highest BCUT2D eigenvalue weighted by molar-refractivity contribution is 6.36. The van der Waals surface area contributed by atoms with Gasteiger partial charge in [-0.25, -0.2) is 0 Å². The average Bonchev–Trinajstić information content (AvgIpc) is 2.87. The van der Waals surface area contributed by atoms with Crippen LogP contribution in [0.4, 0.5) is 5.69 Å². The molecule has 0 atom stereocenters. The van der Waals surface area contributed by atoms with Crippen molar-refractivity contribution in [1.29, 1.82) is 0 Å². The number of imide groups is 1. The highest BCUT2D eigenvalue weighted by Crippen LogP contribution is 2.32. The fourth-order valence-electron chi connectivity index (χ4n) is 3.28. The van der Waals surface area contributed by atoms with Crippen LogP contribution in [-0.2, 0) is 14.3 Å². The summed E-state index contributed by atoms with van der Waals surface area (Å²) in [5, 5.41) is 3.17. The van der Waals surface area contributed by atoms with E-state index in [1.807, 2.05) is 76.2 Å². The third-order valence-electron chi connectivity index (χ3n) is 4.63. The topological polar surface area (TPSA) is 58.6 Å². The molecule has 1 heterocycles. The third-order valence-corrected chi connectivity index (χ3v) is 4.63. The molecule has 146 valence electrons. The van der Waals surface area contributed by atoms with Crippen molar-refractivity contribution in [3.8, 4) is 0 Å². The zero-order chi connectivity index (χ0) is 20.3. The maximum absolute atomic E-state index is 13.2. The number of rotatable bonds is 7. The monoisotopic (exact) mass is 378 g/mol. The second kappa shape index (κ2) is 8.40. The molecular formula is C23H26N2O3.